The number of nitrogens with one attached hydrogen (secondary N) is 1. The molecule has 1 fully saturated rings. The molecule has 0 aromatic heterocycles. The van der Waals surface area contributed by atoms with Crippen LogP contribution in [0.3, 0.4) is 0 Å². The Morgan fingerprint density at radius 1 is 1.00 bits per heavy atom. The van der Waals surface area contributed by atoms with Crippen LogP contribution in [0.15, 0.2) is 53.4 Å². The lowest BCUT2D eigenvalue weighted by molar-refractivity contribution is -0.122. The van der Waals surface area contributed by atoms with Gasteiger partial charge >= 0.3 is 0 Å². The highest BCUT2D eigenvalue weighted by Gasteiger charge is 2.42. The van der Waals surface area contributed by atoms with Gasteiger partial charge in [0.05, 0.1) is 16.2 Å². The van der Waals surface area contributed by atoms with Gasteiger partial charge in [0.25, 0.3) is 11.8 Å². The summed E-state index contributed by atoms with van der Waals surface area (Å²) in [5.74, 6) is -1.52. The molecule has 0 radical (unpaired) electrons. The summed E-state index contributed by atoms with van der Waals surface area (Å²) < 4.78 is 13.6. The second kappa shape index (κ2) is 10.5. The summed E-state index contributed by atoms with van der Waals surface area (Å²) in [6, 6.07) is 12.5. The van der Waals surface area contributed by atoms with Gasteiger partial charge in [0.1, 0.15) is 16.7 Å². The van der Waals surface area contributed by atoms with Gasteiger partial charge in [-0.1, -0.05) is 68.4 Å². The van der Waals surface area contributed by atoms with Crippen LogP contribution in [-0.2, 0) is 14.4 Å². The van der Waals surface area contributed by atoms with Crippen LogP contribution in [0.4, 0.5) is 15.8 Å². The molecule has 2 heterocycles. The summed E-state index contributed by atoms with van der Waals surface area (Å²) >= 11 is 6.58. The number of rotatable bonds is 8. The lowest BCUT2D eigenvalue weighted by atomic mass is 10.1. The van der Waals surface area contributed by atoms with Crippen molar-refractivity contribution in [2.24, 2.45) is 0 Å². The molecule has 176 valence electrons. The third-order valence-corrected chi connectivity index (χ3v) is 7.11. The van der Waals surface area contributed by atoms with E-state index in [1.807, 2.05) is 0 Å². The van der Waals surface area contributed by atoms with Crippen LogP contribution < -0.4 is 10.2 Å². The predicted molar refractivity (Wildman–Crippen MR) is 137 cm³/mol. The fraction of sp³-hybridized carbons (Fsp3) is 0.280. The van der Waals surface area contributed by atoms with Gasteiger partial charge in [-0.05, 0) is 36.8 Å². The van der Waals surface area contributed by atoms with Crippen molar-refractivity contribution in [3.63, 3.8) is 0 Å². The number of nitrogens with zero attached hydrogens (tertiary/aromatic N) is 2. The summed E-state index contributed by atoms with van der Waals surface area (Å²) in [7, 11) is 0. The standard InChI is InChI=1S/C25H24FN3O3S2/c1-2-3-4-7-14-28-24(32)22(34-25(28)33)21-18-8-5-6-9-19(18)29(23(21)31)15-20(30)27-17-12-10-16(26)11-13-17/h5-6,8-13H,2-4,7,14-15H2,1H3,(H,27,30)/b22-21-. The first kappa shape index (κ1) is 24.1. The maximum atomic E-state index is 13.5. The minimum absolute atomic E-state index is 0.242. The third kappa shape index (κ3) is 4.90. The number of amides is 3. The Bertz CT molecular complexity index is 1180. The Kier molecular flexibility index (Phi) is 7.43. The minimum atomic E-state index is -0.431. The van der Waals surface area contributed by atoms with E-state index in [1.165, 1.54) is 29.2 Å². The molecular weight excluding hydrogens is 473 g/mol. The summed E-state index contributed by atoms with van der Waals surface area (Å²) in [6.07, 6.45) is 4.05. The van der Waals surface area contributed by atoms with Crippen molar-refractivity contribution >= 4 is 63.0 Å². The lowest BCUT2D eigenvalue weighted by Crippen LogP contribution is -2.35. The minimum Gasteiger partial charge on any atom is -0.325 e. The van der Waals surface area contributed by atoms with E-state index in [9.17, 15) is 18.8 Å². The summed E-state index contributed by atoms with van der Waals surface area (Å²) in [5, 5.41) is 2.67. The number of hydrogen-bond acceptors (Lipinski definition) is 5. The van der Waals surface area contributed by atoms with E-state index in [4.69, 9.17) is 12.2 Å². The molecule has 0 unspecified atom stereocenters. The zero-order chi connectivity index (χ0) is 24.2. The highest BCUT2D eigenvalue weighted by atomic mass is 32.2. The van der Waals surface area contributed by atoms with Crippen LogP contribution >= 0.6 is 24.0 Å². The average molecular weight is 498 g/mol. The largest absolute Gasteiger partial charge is 0.325 e. The summed E-state index contributed by atoms with van der Waals surface area (Å²) in [6.45, 7) is 2.41. The van der Waals surface area contributed by atoms with Crippen molar-refractivity contribution in [1.29, 1.82) is 0 Å². The molecule has 3 amide bonds. The van der Waals surface area contributed by atoms with Gasteiger partial charge in [-0.25, -0.2) is 4.39 Å². The molecule has 2 aromatic rings. The number of thiocarbonyl (C=S) groups is 1. The summed E-state index contributed by atoms with van der Waals surface area (Å²) in [5.41, 5.74) is 1.87. The fourth-order valence-electron chi connectivity index (χ4n) is 3.97. The Labute approximate surface area is 207 Å². The number of unbranched alkanes of at least 4 members (excludes halogenated alkanes) is 3. The topological polar surface area (TPSA) is 69.7 Å². The van der Waals surface area contributed by atoms with Gasteiger partial charge in [0, 0.05) is 17.8 Å². The van der Waals surface area contributed by atoms with Gasteiger partial charge in [-0.15, -0.1) is 0 Å². The van der Waals surface area contributed by atoms with Gasteiger partial charge in [0.2, 0.25) is 5.91 Å². The molecule has 2 aliphatic heterocycles. The Balaban J connectivity index is 1.57. The van der Waals surface area contributed by atoms with Gasteiger partial charge < -0.3 is 5.32 Å². The van der Waals surface area contributed by atoms with E-state index in [0.29, 0.717) is 32.7 Å². The zero-order valence-electron chi connectivity index (χ0n) is 18.7. The zero-order valence-corrected chi connectivity index (χ0v) is 20.3. The van der Waals surface area contributed by atoms with E-state index in [0.717, 1.165) is 37.4 Å². The number of para-hydroxylation sites is 1. The molecule has 1 saturated heterocycles. The second-order valence-electron chi connectivity index (χ2n) is 8.05. The van der Waals surface area contributed by atoms with Crippen molar-refractivity contribution in [3.8, 4) is 0 Å². The van der Waals surface area contributed by atoms with Crippen molar-refractivity contribution < 1.29 is 18.8 Å². The van der Waals surface area contributed by atoms with Crippen molar-refractivity contribution in [3.05, 3.63) is 64.8 Å². The normalized spacial score (nSPS) is 17.5. The number of halogens is 1. The molecule has 0 bridgehead atoms. The SMILES string of the molecule is CCCCCCN1C(=O)/C(=C2/C(=O)N(CC(=O)Nc3ccc(F)cc3)c3ccccc32)SC1=S. The molecule has 6 nitrogen and oxygen atoms in total. The average Bonchev–Trinajstić information content (AvgIpc) is 3.25. The van der Waals surface area contributed by atoms with Crippen molar-refractivity contribution in [2.75, 3.05) is 23.3 Å². The Morgan fingerprint density at radius 3 is 2.47 bits per heavy atom. The highest BCUT2D eigenvalue weighted by molar-refractivity contribution is 8.26. The smallest absolute Gasteiger partial charge is 0.267 e. The molecular formula is C25H24FN3O3S2. The van der Waals surface area contributed by atoms with Crippen LogP contribution in [0.5, 0.6) is 0 Å². The number of hydrogen-bond donors (Lipinski definition) is 1. The van der Waals surface area contributed by atoms with E-state index in [-0.39, 0.29) is 18.0 Å². The van der Waals surface area contributed by atoms with E-state index in [2.05, 4.69) is 12.2 Å². The number of thioether (sulfide) groups is 1. The van der Waals surface area contributed by atoms with Crippen LogP contribution in [-0.4, -0.2) is 40.0 Å². The number of fused-ring (bicyclic) bond motifs is 1. The second-order valence-corrected chi connectivity index (χ2v) is 9.70. The highest BCUT2D eigenvalue weighted by Crippen LogP contribution is 2.44. The maximum absolute atomic E-state index is 13.5. The maximum Gasteiger partial charge on any atom is 0.267 e. The van der Waals surface area contributed by atoms with Gasteiger partial charge in [0.15, 0.2) is 0 Å². The first-order chi connectivity index (χ1) is 16.4. The van der Waals surface area contributed by atoms with E-state index < -0.39 is 17.6 Å². The lowest BCUT2D eigenvalue weighted by Gasteiger charge is -2.17. The number of anilines is 2. The molecule has 1 N–H and O–H groups in total. The first-order valence-corrected chi connectivity index (χ1v) is 12.4. The molecule has 34 heavy (non-hydrogen) atoms. The quantitative estimate of drug-likeness (QED) is 0.317. The van der Waals surface area contributed by atoms with Crippen molar-refractivity contribution in [1.82, 2.24) is 4.90 Å². The van der Waals surface area contributed by atoms with Gasteiger partial charge in [-0.2, -0.15) is 0 Å². The van der Waals surface area contributed by atoms with E-state index >= 15 is 0 Å². The summed E-state index contributed by atoms with van der Waals surface area (Å²) in [4.78, 5) is 42.5. The first-order valence-electron chi connectivity index (χ1n) is 11.1. The molecule has 0 atom stereocenters. The molecule has 4 rings (SSSR count). The van der Waals surface area contributed by atoms with Crippen molar-refractivity contribution in [2.45, 2.75) is 32.6 Å². The van der Waals surface area contributed by atoms with E-state index in [1.54, 1.807) is 29.2 Å². The molecule has 0 saturated carbocycles. The molecule has 2 aliphatic rings. The van der Waals surface area contributed by atoms with Crippen LogP contribution in [0.2, 0.25) is 0 Å². The molecule has 0 spiro atoms. The molecule has 0 aliphatic carbocycles. The number of carbonyl (C=O) groups is 3. The van der Waals surface area contributed by atoms with Crippen LogP contribution in [0.1, 0.15) is 38.2 Å². The molecule has 9 heteroatoms. The Morgan fingerprint density at radius 2 is 1.74 bits per heavy atom. The molecule has 2 aromatic carbocycles. The van der Waals surface area contributed by atoms with Gasteiger partial charge in [-0.3, -0.25) is 24.2 Å². The predicted octanol–water partition coefficient (Wildman–Crippen LogP) is 4.96. The van der Waals surface area contributed by atoms with Crippen LogP contribution in [0.25, 0.3) is 5.57 Å². The third-order valence-electron chi connectivity index (χ3n) is 5.66. The number of benzene rings is 2. The Hall–Kier alpha value is -3.04. The number of carbonyl (C=O) groups excluding carboxylic acids is 3. The van der Waals surface area contributed by atoms with Crippen LogP contribution in [0, 0.1) is 5.82 Å². The fourth-order valence-corrected chi connectivity index (χ4v) is 5.35. The monoisotopic (exact) mass is 497 g/mol.